The summed E-state index contributed by atoms with van der Waals surface area (Å²) in [7, 11) is 1.94. The van der Waals surface area contributed by atoms with Gasteiger partial charge in [-0.25, -0.2) is 9.97 Å². The third-order valence-corrected chi connectivity index (χ3v) is 3.91. The quantitative estimate of drug-likeness (QED) is 0.839. The highest BCUT2D eigenvalue weighted by Gasteiger charge is 2.29. The molecule has 0 bridgehead atoms. The summed E-state index contributed by atoms with van der Waals surface area (Å²) in [4.78, 5) is 22.7. The van der Waals surface area contributed by atoms with Crippen LogP contribution in [0.4, 0.5) is 0 Å². The first-order chi connectivity index (χ1) is 9.65. The molecule has 20 heavy (non-hydrogen) atoms. The van der Waals surface area contributed by atoms with E-state index in [2.05, 4.69) is 9.97 Å². The Kier molecular flexibility index (Phi) is 3.54. The summed E-state index contributed by atoms with van der Waals surface area (Å²) in [5.74, 6) is 0.823. The minimum atomic E-state index is -0.176. The van der Waals surface area contributed by atoms with Gasteiger partial charge in [0.15, 0.2) is 0 Å². The van der Waals surface area contributed by atoms with Crippen molar-refractivity contribution in [2.75, 3.05) is 19.7 Å². The van der Waals surface area contributed by atoms with Crippen molar-refractivity contribution < 1.29 is 9.53 Å². The second-order valence-corrected chi connectivity index (χ2v) is 5.55. The maximum absolute atomic E-state index is 12.3. The summed E-state index contributed by atoms with van der Waals surface area (Å²) in [5.41, 5.74) is 3.13. The van der Waals surface area contributed by atoms with Gasteiger partial charge < -0.3 is 14.2 Å². The average Bonchev–Trinajstić information content (AvgIpc) is 3.08. The topological polar surface area (TPSA) is 60.2 Å². The zero-order chi connectivity index (χ0) is 14.1. The molecular weight excluding hydrogens is 276 g/mol. The monoisotopic (exact) mass is 292 g/mol. The van der Waals surface area contributed by atoms with Crippen LogP contribution < -0.4 is 0 Å². The molecule has 2 aromatic heterocycles. The maximum atomic E-state index is 12.3. The van der Waals surface area contributed by atoms with E-state index in [1.54, 1.807) is 15.8 Å². The zero-order valence-corrected chi connectivity index (χ0v) is 12.3. The molecule has 1 amide bonds. The van der Waals surface area contributed by atoms with Crippen molar-refractivity contribution in [1.29, 1.82) is 0 Å². The van der Waals surface area contributed by atoms with Crippen LogP contribution in [-0.2, 0) is 11.8 Å². The fourth-order valence-electron chi connectivity index (χ4n) is 2.40. The maximum Gasteiger partial charge on any atom is 0.273 e. The third kappa shape index (κ3) is 2.46. The van der Waals surface area contributed by atoms with Crippen molar-refractivity contribution in [3.63, 3.8) is 0 Å². The number of aryl methyl sites for hydroxylation is 2. The molecule has 0 saturated carbocycles. The van der Waals surface area contributed by atoms with E-state index in [1.807, 2.05) is 24.7 Å². The first kappa shape index (κ1) is 13.3. The van der Waals surface area contributed by atoms with Crippen LogP contribution in [0.2, 0.25) is 0 Å². The van der Waals surface area contributed by atoms with Crippen LogP contribution in [-0.4, -0.2) is 45.0 Å². The Balaban J connectivity index is 1.77. The van der Waals surface area contributed by atoms with Crippen LogP contribution >= 0.6 is 11.3 Å². The van der Waals surface area contributed by atoms with Crippen molar-refractivity contribution in [2.24, 2.45) is 7.05 Å². The first-order valence-electron chi connectivity index (χ1n) is 6.44. The van der Waals surface area contributed by atoms with Gasteiger partial charge in [-0.3, -0.25) is 4.79 Å². The molecular formula is C13H16N4O2S. The smallest absolute Gasteiger partial charge is 0.273 e. The van der Waals surface area contributed by atoms with Crippen LogP contribution in [0.1, 0.15) is 28.1 Å². The Morgan fingerprint density at radius 2 is 2.40 bits per heavy atom. The van der Waals surface area contributed by atoms with Gasteiger partial charge in [0.25, 0.3) is 5.91 Å². The second kappa shape index (κ2) is 5.34. The Morgan fingerprint density at radius 3 is 3.05 bits per heavy atom. The molecule has 3 heterocycles. The molecule has 106 valence electrons. The number of carbonyl (C=O) groups is 1. The summed E-state index contributed by atoms with van der Waals surface area (Å²) < 4.78 is 7.72. The fourth-order valence-corrected chi connectivity index (χ4v) is 2.93. The van der Waals surface area contributed by atoms with E-state index in [-0.39, 0.29) is 12.0 Å². The summed E-state index contributed by atoms with van der Waals surface area (Å²) in [6.45, 7) is 3.58. The Morgan fingerprint density at radius 1 is 1.55 bits per heavy atom. The lowest BCUT2D eigenvalue weighted by molar-refractivity contribution is -0.0281. The van der Waals surface area contributed by atoms with Gasteiger partial charge >= 0.3 is 0 Å². The number of morpholine rings is 1. The average molecular weight is 292 g/mol. The molecule has 1 fully saturated rings. The van der Waals surface area contributed by atoms with E-state index in [0.29, 0.717) is 25.4 Å². The number of thiazole rings is 1. The first-order valence-corrected chi connectivity index (χ1v) is 7.38. The minimum absolute atomic E-state index is 0.0366. The lowest BCUT2D eigenvalue weighted by Crippen LogP contribution is -2.43. The largest absolute Gasteiger partial charge is 0.367 e. The lowest BCUT2D eigenvalue weighted by Gasteiger charge is -2.32. The highest BCUT2D eigenvalue weighted by molar-refractivity contribution is 7.07. The molecule has 0 aromatic carbocycles. The molecule has 1 unspecified atom stereocenters. The van der Waals surface area contributed by atoms with Gasteiger partial charge in [0.2, 0.25) is 0 Å². The molecule has 0 N–H and O–H groups in total. The minimum Gasteiger partial charge on any atom is -0.367 e. The van der Waals surface area contributed by atoms with E-state index < -0.39 is 0 Å². The molecule has 1 saturated heterocycles. The van der Waals surface area contributed by atoms with Crippen LogP contribution in [0, 0.1) is 6.92 Å². The number of hydrogen-bond donors (Lipinski definition) is 0. The predicted octanol–water partition coefficient (Wildman–Crippen LogP) is 1.40. The molecule has 1 aliphatic rings. The number of carbonyl (C=O) groups excluding carboxylic acids is 1. The molecule has 7 heteroatoms. The second-order valence-electron chi connectivity index (χ2n) is 4.84. The van der Waals surface area contributed by atoms with Crippen LogP contribution in [0.5, 0.6) is 0 Å². The van der Waals surface area contributed by atoms with E-state index in [0.717, 1.165) is 11.5 Å². The normalized spacial score (nSPS) is 19.3. The van der Waals surface area contributed by atoms with Gasteiger partial charge in [-0.15, -0.1) is 11.3 Å². The number of aromatic nitrogens is 3. The molecule has 6 nitrogen and oxygen atoms in total. The van der Waals surface area contributed by atoms with E-state index in [4.69, 9.17) is 4.74 Å². The fraction of sp³-hybridized carbons (Fsp3) is 0.462. The molecule has 3 rings (SSSR count). The summed E-state index contributed by atoms with van der Waals surface area (Å²) in [6, 6.07) is 0. The summed E-state index contributed by atoms with van der Waals surface area (Å²) in [5, 5.41) is 1.78. The number of ether oxygens (including phenoxy) is 1. The van der Waals surface area contributed by atoms with Crippen molar-refractivity contribution in [3.05, 3.63) is 34.3 Å². The van der Waals surface area contributed by atoms with E-state index in [9.17, 15) is 4.79 Å². The molecule has 0 radical (unpaired) electrons. The number of hydrogen-bond acceptors (Lipinski definition) is 5. The Hall–Kier alpha value is -1.73. The highest BCUT2D eigenvalue weighted by Crippen LogP contribution is 2.22. The summed E-state index contributed by atoms with van der Waals surface area (Å²) >= 11 is 1.43. The van der Waals surface area contributed by atoms with E-state index in [1.165, 1.54) is 11.3 Å². The summed E-state index contributed by atoms with van der Waals surface area (Å²) in [6.07, 6.45) is 1.78. The molecule has 1 atom stereocenters. The van der Waals surface area contributed by atoms with Gasteiger partial charge in [0, 0.05) is 25.2 Å². The van der Waals surface area contributed by atoms with Crippen molar-refractivity contribution in [3.8, 4) is 0 Å². The standard InChI is InChI=1S/C13H16N4O2S/c1-9-5-16(2)12(15-9)11-6-17(3-4-19-11)13(18)10-7-20-8-14-10/h5,7-8,11H,3-4,6H2,1-2H3. The van der Waals surface area contributed by atoms with Gasteiger partial charge in [-0.05, 0) is 6.92 Å². The van der Waals surface area contributed by atoms with Gasteiger partial charge in [0.05, 0.1) is 24.4 Å². The van der Waals surface area contributed by atoms with Crippen LogP contribution in [0.15, 0.2) is 17.1 Å². The zero-order valence-electron chi connectivity index (χ0n) is 11.4. The molecule has 0 aliphatic carbocycles. The third-order valence-electron chi connectivity index (χ3n) is 3.33. The van der Waals surface area contributed by atoms with E-state index >= 15 is 0 Å². The number of rotatable bonds is 2. The number of nitrogens with zero attached hydrogens (tertiary/aromatic N) is 4. The lowest BCUT2D eigenvalue weighted by atomic mass is 10.2. The van der Waals surface area contributed by atoms with Gasteiger partial charge in [0.1, 0.15) is 17.6 Å². The SMILES string of the molecule is Cc1cn(C)c(C2CN(C(=O)c3cscn3)CCO2)n1. The molecule has 0 spiro atoms. The van der Waals surface area contributed by atoms with Gasteiger partial charge in [-0.1, -0.05) is 0 Å². The number of amides is 1. The van der Waals surface area contributed by atoms with Gasteiger partial charge in [-0.2, -0.15) is 0 Å². The van der Waals surface area contributed by atoms with Crippen LogP contribution in [0.25, 0.3) is 0 Å². The number of imidazole rings is 1. The van der Waals surface area contributed by atoms with Crippen molar-refractivity contribution >= 4 is 17.2 Å². The highest BCUT2D eigenvalue weighted by atomic mass is 32.1. The van der Waals surface area contributed by atoms with Crippen LogP contribution in [0.3, 0.4) is 0 Å². The van der Waals surface area contributed by atoms with Crippen molar-refractivity contribution in [1.82, 2.24) is 19.4 Å². The molecule has 2 aromatic rings. The Bertz CT molecular complexity index is 608. The molecule has 1 aliphatic heterocycles. The van der Waals surface area contributed by atoms with Crippen molar-refractivity contribution in [2.45, 2.75) is 13.0 Å². The predicted molar refractivity (Wildman–Crippen MR) is 74.7 cm³/mol. The Labute approximate surface area is 121 Å².